The topological polar surface area (TPSA) is 78.0 Å². The van der Waals surface area contributed by atoms with Crippen LogP contribution in [0.2, 0.25) is 5.02 Å². The molecule has 1 heterocycles. The van der Waals surface area contributed by atoms with E-state index in [9.17, 15) is 18.7 Å². The van der Waals surface area contributed by atoms with Crippen molar-refractivity contribution in [2.24, 2.45) is 0 Å². The number of aliphatic hydroxyl groups is 1. The second-order valence-electron chi connectivity index (χ2n) is 6.02. The largest absolute Gasteiger partial charge is 0.386 e. The number of benzene rings is 2. The Labute approximate surface area is 159 Å². The van der Waals surface area contributed by atoms with Crippen LogP contribution >= 0.6 is 11.6 Å². The number of aromatic nitrogens is 2. The van der Waals surface area contributed by atoms with Crippen LogP contribution in [0.1, 0.15) is 28.9 Å². The number of hydrogen-bond acceptors (Lipinski definition) is 3. The molecular weight excluding hydrogens is 376 g/mol. The highest BCUT2D eigenvalue weighted by molar-refractivity contribution is 6.33. The van der Waals surface area contributed by atoms with E-state index in [1.807, 2.05) is 0 Å². The molecule has 27 heavy (non-hydrogen) atoms. The van der Waals surface area contributed by atoms with Crippen LogP contribution in [-0.2, 0) is 0 Å². The van der Waals surface area contributed by atoms with Crippen molar-refractivity contribution in [3.63, 3.8) is 0 Å². The molecule has 0 fully saturated rings. The maximum absolute atomic E-state index is 13.4. The van der Waals surface area contributed by atoms with Crippen molar-refractivity contribution in [2.75, 3.05) is 0 Å². The molecule has 0 aliphatic heterocycles. The zero-order valence-electron chi connectivity index (χ0n) is 14.2. The molecule has 2 atom stereocenters. The minimum Gasteiger partial charge on any atom is -0.386 e. The van der Waals surface area contributed by atoms with Gasteiger partial charge in [-0.25, -0.2) is 8.78 Å². The van der Waals surface area contributed by atoms with Crippen LogP contribution < -0.4 is 5.32 Å². The van der Waals surface area contributed by atoms with E-state index < -0.39 is 29.7 Å². The van der Waals surface area contributed by atoms with E-state index in [1.54, 1.807) is 31.2 Å². The number of carbonyl (C=O) groups is 1. The summed E-state index contributed by atoms with van der Waals surface area (Å²) in [4.78, 5) is 12.6. The summed E-state index contributed by atoms with van der Waals surface area (Å²) in [5.41, 5.74) is 1.44. The van der Waals surface area contributed by atoms with E-state index >= 15 is 0 Å². The monoisotopic (exact) mass is 391 g/mol. The van der Waals surface area contributed by atoms with E-state index in [-0.39, 0.29) is 11.1 Å². The Morgan fingerprint density at radius 1 is 1.22 bits per heavy atom. The van der Waals surface area contributed by atoms with Crippen LogP contribution in [0.25, 0.3) is 11.3 Å². The number of aromatic amines is 1. The van der Waals surface area contributed by atoms with Crippen molar-refractivity contribution < 1.29 is 18.7 Å². The summed E-state index contributed by atoms with van der Waals surface area (Å²) in [5.74, 6) is -2.57. The summed E-state index contributed by atoms with van der Waals surface area (Å²) in [5, 5.41) is 20.1. The van der Waals surface area contributed by atoms with Gasteiger partial charge in [0.15, 0.2) is 11.6 Å². The van der Waals surface area contributed by atoms with Crippen molar-refractivity contribution in [3.05, 3.63) is 76.4 Å². The first-order chi connectivity index (χ1) is 12.9. The van der Waals surface area contributed by atoms with Gasteiger partial charge in [0.1, 0.15) is 0 Å². The number of rotatable bonds is 5. The van der Waals surface area contributed by atoms with E-state index in [4.69, 9.17) is 11.6 Å². The smallest absolute Gasteiger partial charge is 0.255 e. The minimum atomic E-state index is -1.22. The van der Waals surface area contributed by atoms with Crippen LogP contribution in [-0.4, -0.2) is 27.3 Å². The Morgan fingerprint density at radius 2 is 1.96 bits per heavy atom. The van der Waals surface area contributed by atoms with Gasteiger partial charge in [-0.05, 0) is 30.7 Å². The van der Waals surface area contributed by atoms with Gasteiger partial charge in [-0.2, -0.15) is 5.10 Å². The number of amides is 1. The third-order valence-corrected chi connectivity index (χ3v) is 4.47. The molecule has 0 saturated carbocycles. The first-order valence-corrected chi connectivity index (χ1v) is 8.48. The molecule has 0 bridgehead atoms. The number of carbonyl (C=O) groups excluding carboxylic acids is 1. The molecule has 1 aromatic heterocycles. The molecule has 0 aliphatic rings. The predicted octanol–water partition coefficient (Wildman–Crippen LogP) is 3.86. The van der Waals surface area contributed by atoms with Crippen molar-refractivity contribution in [2.45, 2.75) is 19.1 Å². The lowest BCUT2D eigenvalue weighted by atomic mass is 10.0. The maximum atomic E-state index is 13.4. The van der Waals surface area contributed by atoms with Gasteiger partial charge in [-0.1, -0.05) is 35.9 Å². The molecule has 0 saturated heterocycles. The minimum absolute atomic E-state index is 0.153. The lowest BCUT2D eigenvalue weighted by molar-refractivity contribution is 0.0852. The van der Waals surface area contributed by atoms with Gasteiger partial charge in [-0.15, -0.1) is 0 Å². The molecule has 1 amide bonds. The van der Waals surface area contributed by atoms with Crippen molar-refractivity contribution in [1.29, 1.82) is 0 Å². The molecule has 0 radical (unpaired) electrons. The van der Waals surface area contributed by atoms with Gasteiger partial charge in [0.2, 0.25) is 0 Å². The average molecular weight is 392 g/mol. The number of H-pyrrole nitrogens is 1. The molecule has 5 nitrogen and oxygen atoms in total. The van der Waals surface area contributed by atoms with Gasteiger partial charge in [0, 0.05) is 10.6 Å². The van der Waals surface area contributed by atoms with E-state index in [0.717, 1.165) is 12.1 Å². The Balaban J connectivity index is 1.79. The second-order valence-corrected chi connectivity index (χ2v) is 6.43. The summed E-state index contributed by atoms with van der Waals surface area (Å²) in [6.45, 7) is 1.55. The van der Waals surface area contributed by atoms with E-state index in [1.165, 1.54) is 12.3 Å². The van der Waals surface area contributed by atoms with Crippen molar-refractivity contribution in [1.82, 2.24) is 15.5 Å². The molecule has 8 heteroatoms. The SMILES string of the molecule is CC(NC(=O)c1cn[nH]c1-c1ccccc1Cl)C(O)c1ccc(F)c(F)c1. The summed E-state index contributed by atoms with van der Waals surface area (Å²) in [7, 11) is 0. The van der Waals surface area contributed by atoms with Gasteiger partial charge in [0.25, 0.3) is 5.91 Å². The molecule has 140 valence electrons. The number of nitrogens with zero attached hydrogens (tertiary/aromatic N) is 1. The normalized spacial score (nSPS) is 13.2. The summed E-state index contributed by atoms with van der Waals surface area (Å²) in [6.07, 6.45) is 0.129. The van der Waals surface area contributed by atoms with Gasteiger partial charge < -0.3 is 10.4 Å². The molecular formula is C19H16ClF2N3O2. The summed E-state index contributed by atoms with van der Waals surface area (Å²) in [6, 6.07) is 9.29. The molecule has 3 rings (SSSR count). The van der Waals surface area contributed by atoms with Gasteiger partial charge >= 0.3 is 0 Å². The zero-order chi connectivity index (χ0) is 19.6. The lowest BCUT2D eigenvalue weighted by Crippen LogP contribution is -2.37. The fraction of sp³-hybridized carbons (Fsp3) is 0.158. The third kappa shape index (κ3) is 3.99. The molecule has 0 aliphatic carbocycles. The second kappa shape index (κ2) is 7.85. The quantitative estimate of drug-likeness (QED) is 0.618. The fourth-order valence-electron chi connectivity index (χ4n) is 2.68. The predicted molar refractivity (Wildman–Crippen MR) is 97.3 cm³/mol. The van der Waals surface area contributed by atoms with Crippen LogP contribution in [0, 0.1) is 11.6 Å². The average Bonchev–Trinajstić information content (AvgIpc) is 3.13. The van der Waals surface area contributed by atoms with Gasteiger partial charge in [-0.3, -0.25) is 9.89 Å². The van der Waals surface area contributed by atoms with Crippen molar-refractivity contribution in [3.8, 4) is 11.3 Å². The fourth-order valence-corrected chi connectivity index (χ4v) is 2.91. The van der Waals surface area contributed by atoms with E-state index in [0.29, 0.717) is 16.3 Å². The molecule has 3 aromatic rings. The molecule has 2 aromatic carbocycles. The van der Waals surface area contributed by atoms with Crippen LogP contribution in [0.5, 0.6) is 0 Å². The third-order valence-electron chi connectivity index (χ3n) is 4.14. The van der Waals surface area contributed by atoms with Crippen LogP contribution in [0.15, 0.2) is 48.7 Å². The first kappa shape index (κ1) is 19.0. The maximum Gasteiger partial charge on any atom is 0.255 e. The number of nitrogens with one attached hydrogen (secondary N) is 2. The standard InChI is InChI=1S/C19H16ClF2N3O2/c1-10(18(26)11-6-7-15(21)16(22)8-11)24-19(27)13-9-23-25-17(13)12-4-2-3-5-14(12)20/h2-10,18,26H,1H3,(H,23,25)(H,24,27). The highest BCUT2D eigenvalue weighted by atomic mass is 35.5. The van der Waals surface area contributed by atoms with E-state index in [2.05, 4.69) is 15.5 Å². The summed E-state index contributed by atoms with van der Waals surface area (Å²) < 4.78 is 26.4. The van der Waals surface area contributed by atoms with Crippen molar-refractivity contribution >= 4 is 17.5 Å². The molecule has 0 spiro atoms. The Hall–Kier alpha value is -2.77. The lowest BCUT2D eigenvalue weighted by Gasteiger charge is -2.21. The summed E-state index contributed by atoms with van der Waals surface area (Å²) >= 11 is 6.17. The highest BCUT2D eigenvalue weighted by Crippen LogP contribution is 2.28. The number of halogens is 3. The zero-order valence-corrected chi connectivity index (χ0v) is 15.0. The van der Waals surface area contributed by atoms with Crippen LogP contribution in [0.3, 0.4) is 0 Å². The highest BCUT2D eigenvalue weighted by Gasteiger charge is 2.23. The Bertz CT molecular complexity index is 977. The van der Waals surface area contributed by atoms with Crippen LogP contribution in [0.4, 0.5) is 8.78 Å². The number of aliphatic hydroxyl groups excluding tert-OH is 1. The number of hydrogen-bond donors (Lipinski definition) is 3. The first-order valence-electron chi connectivity index (χ1n) is 8.10. The Kier molecular flexibility index (Phi) is 5.53. The Morgan fingerprint density at radius 3 is 2.67 bits per heavy atom. The van der Waals surface area contributed by atoms with Gasteiger partial charge in [0.05, 0.1) is 29.6 Å². The molecule has 3 N–H and O–H groups in total. The molecule has 2 unspecified atom stereocenters.